The van der Waals surface area contributed by atoms with Gasteiger partial charge in [0.15, 0.2) is 0 Å². The van der Waals surface area contributed by atoms with Gasteiger partial charge in [0.1, 0.15) is 12.1 Å². The second kappa shape index (κ2) is 6.14. The van der Waals surface area contributed by atoms with Gasteiger partial charge in [-0.3, -0.25) is 4.98 Å². The number of rotatable bonds is 2. The molecule has 0 saturated heterocycles. The molecular formula is C18H23N5. The lowest BCUT2D eigenvalue weighted by Gasteiger charge is -2.30. The van der Waals surface area contributed by atoms with Crippen molar-refractivity contribution in [3.05, 3.63) is 41.6 Å². The maximum absolute atomic E-state index is 6.13. The molecule has 0 bridgehead atoms. The monoisotopic (exact) mass is 309 g/mol. The number of aromatic nitrogens is 3. The van der Waals surface area contributed by atoms with Gasteiger partial charge in [-0.1, -0.05) is 19.3 Å². The molecule has 0 unspecified atom stereocenters. The van der Waals surface area contributed by atoms with Crippen molar-refractivity contribution in [2.45, 2.75) is 51.0 Å². The average Bonchev–Trinajstić information content (AvgIpc) is 2.63. The maximum Gasteiger partial charge on any atom is 0.132 e. The van der Waals surface area contributed by atoms with Crippen molar-refractivity contribution < 1.29 is 0 Å². The van der Waals surface area contributed by atoms with E-state index >= 15 is 0 Å². The second-order valence-corrected chi connectivity index (χ2v) is 6.63. The van der Waals surface area contributed by atoms with Crippen LogP contribution in [0.5, 0.6) is 0 Å². The quantitative estimate of drug-likeness (QED) is 0.923. The van der Waals surface area contributed by atoms with E-state index in [-0.39, 0.29) is 0 Å². The number of fused-ring (bicyclic) bond motifs is 1. The van der Waals surface area contributed by atoms with Crippen LogP contribution in [0.2, 0.25) is 0 Å². The molecule has 1 aliphatic heterocycles. The first-order chi connectivity index (χ1) is 11.3. The van der Waals surface area contributed by atoms with Gasteiger partial charge < -0.3 is 10.6 Å². The Morgan fingerprint density at radius 1 is 1.09 bits per heavy atom. The summed E-state index contributed by atoms with van der Waals surface area (Å²) in [6, 6.07) is 4.07. The topological polar surface area (TPSA) is 67.9 Å². The van der Waals surface area contributed by atoms with Crippen LogP contribution in [0.25, 0.3) is 0 Å². The van der Waals surface area contributed by atoms with Gasteiger partial charge in [0.25, 0.3) is 0 Å². The molecule has 1 saturated carbocycles. The molecule has 5 heteroatoms. The SMILES string of the molecule is Nc1ccnc2c1CN(c1cc(C3CCCCC3)ncn1)CC2. The van der Waals surface area contributed by atoms with E-state index in [0.717, 1.165) is 42.3 Å². The second-order valence-electron chi connectivity index (χ2n) is 6.63. The molecule has 2 N–H and O–H groups in total. The summed E-state index contributed by atoms with van der Waals surface area (Å²) >= 11 is 0. The van der Waals surface area contributed by atoms with Crippen LogP contribution in [0, 0.1) is 0 Å². The summed E-state index contributed by atoms with van der Waals surface area (Å²) in [4.78, 5) is 15.8. The highest BCUT2D eigenvalue weighted by atomic mass is 15.2. The van der Waals surface area contributed by atoms with E-state index in [2.05, 4.69) is 25.9 Å². The number of hydrogen-bond donors (Lipinski definition) is 1. The van der Waals surface area contributed by atoms with Gasteiger partial charge in [0.2, 0.25) is 0 Å². The molecule has 2 aromatic rings. The molecule has 0 aromatic carbocycles. The normalized spacial score (nSPS) is 18.7. The number of pyridine rings is 1. The molecular weight excluding hydrogens is 286 g/mol. The Labute approximate surface area is 137 Å². The van der Waals surface area contributed by atoms with E-state index in [1.54, 1.807) is 12.5 Å². The number of nitrogens with two attached hydrogens (primary N) is 1. The van der Waals surface area contributed by atoms with E-state index in [4.69, 9.17) is 5.73 Å². The third kappa shape index (κ3) is 2.87. The van der Waals surface area contributed by atoms with E-state index < -0.39 is 0 Å². The maximum atomic E-state index is 6.13. The van der Waals surface area contributed by atoms with Crippen molar-refractivity contribution in [3.63, 3.8) is 0 Å². The Bertz CT molecular complexity index is 694. The minimum Gasteiger partial charge on any atom is -0.398 e. The summed E-state index contributed by atoms with van der Waals surface area (Å²) < 4.78 is 0. The van der Waals surface area contributed by atoms with Crippen LogP contribution >= 0.6 is 0 Å². The zero-order chi connectivity index (χ0) is 15.6. The average molecular weight is 309 g/mol. The summed E-state index contributed by atoms with van der Waals surface area (Å²) in [7, 11) is 0. The van der Waals surface area contributed by atoms with Gasteiger partial charge in [-0.2, -0.15) is 0 Å². The Morgan fingerprint density at radius 3 is 2.83 bits per heavy atom. The van der Waals surface area contributed by atoms with Gasteiger partial charge in [0, 0.05) is 60.3 Å². The van der Waals surface area contributed by atoms with Crippen LogP contribution in [0.15, 0.2) is 24.7 Å². The molecule has 120 valence electrons. The minimum absolute atomic E-state index is 0.606. The Morgan fingerprint density at radius 2 is 1.96 bits per heavy atom. The third-order valence-corrected chi connectivity index (χ3v) is 5.17. The third-order valence-electron chi connectivity index (χ3n) is 5.17. The Hall–Kier alpha value is -2.17. The lowest BCUT2D eigenvalue weighted by Crippen LogP contribution is -2.32. The summed E-state index contributed by atoms with van der Waals surface area (Å²) in [5.41, 5.74) is 10.4. The van der Waals surface area contributed by atoms with Crippen LogP contribution < -0.4 is 10.6 Å². The van der Waals surface area contributed by atoms with E-state index in [9.17, 15) is 0 Å². The molecule has 0 spiro atoms. The predicted molar refractivity (Wildman–Crippen MR) is 91.3 cm³/mol. The Kier molecular flexibility index (Phi) is 3.85. The molecule has 3 heterocycles. The predicted octanol–water partition coefficient (Wildman–Crippen LogP) is 3.06. The van der Waals surface area contributed by atoms with Gasteiger partial charge >= 0.3 is 0 Å². The molecule has 0 amide bonds. The fourth-order valence-corrected chi connectivity index (χ4v) is 3.81. The highest BCUT2D eigenvalue weighted by Gasteiger charge is 2.22. The lowest BCUT2D eigenvalue weighted by molar-refractivity contribution is 0.436. The molecule has 2 aliphatic rings. The Balaban J connectivity index is 1.58. The number of nitrogen functional groups attached to an aromatic ring is 1. The fraction of sp³-hybridized carbons (Fsp3) is 0.500. The van der Waals surface area contributed by atoms with Gasteiger partial charge in [-0.25, -0.2) is 9.97 Å². The number of nitrogens with zero attached hydrogens (tertiary/aromatic N) is 4. The highest BCUT2D eigenvalue weighted by molar-refractivity contribution is 5.53. The summed E-state index contributed by atoms with van der Waals surface area (Å²) in [5, 5.41) is 0. The van der Waals surface area contributed by atoms with Crippen molar-refractivity contribution in [2.75, 3.05) is 17.2 Å². The van der Waals surface area contributed by atoms with Crippen molar-refractivity contribution in [3.8, 4) is 0 Å². The van der Waals surface area contributed by atoms with Gasteiger partial charge in [0.05, 0.1) is 0 Å². The van der Waals surface area contributed by atoms with Crippen molar-refractivity contribution in [1.29, 1.82) is 0 Å². The van der Waals surface area contributed by atoms with Crippen LogP contribution in [0.1, 0.15) is 55.0 Å². The van der Waals surface area contributed by atoms with E-state index in [1.807, 2.05) is 6.07 Å². The summed E-state index contributed by atoms with van der Waals surface area (Å²) in [6.45, 7) is 1.72. The first-order valence-electron chi connectivity index (χ1n) is 8.60. The molecule has 0 radical (unpaired) electrons. The van der Waals surface area contributed by atoms with Crippen molar-refractivity contribution >= 4 is 11.5 Å². The van der Waals surface area contributed by atoms with Crippen LogP contribution in [-0.2, 0) is 13.0 Å². The standard InChI is InChI=1S/C18H23N5/c19-15-6-8-20-16-7-9-23(11-14(15)16)18-10-17(21-12-22-18)13-4-2-1-3-5-13/h6,8,10,12-13H,1-5,7,9,11H2,(H2,19,20). The molecule has 1 aliphatic carbocycles. The van der Waals surface area contributed by atoms with Crippen molar-refractivity contribution in [1.82, 2.24) is 15.0 Å². The van der Waals surface area contributed by atoms with Crippen LogP contribution in [-0.4, -0.2) is 21.5 Å². The van der Waals surface area contributed by atoms with E-state index in [0.29, 0.717) is 5.92 Å². The van der Waals surface area contributed by atoms with Crippen LogP contribution in [0.4, 0.5) is 11.5 Å². The first kappa shape index (κ1) is 14.4. The zero-order valence-corrected chi connectivity index (χ0v) is 13.4. The largest absolute Gasteiger partial charge is 0.398 e. The van der Waals surface area contributed by atoms with Crippen LogP contribution in [0.3, 0.4) is 0 Å². The van der Waals surface area contributed by atoms with Gasteiger partial charge in [-0.05, 0) is 18.9 Å². The molecule has 4 rings (SSSR count). The fourth-order valence-electron chi connectivity index (χ4n) is 3.81. The van der Waals surface area contributed by atoms with Crippen molar-refractivity contribution in [2.24, 2.45) is 0 Å². The minimum atomic E-state index is 0.606. The summed E-state index contributed by atoms with van der Waals surface area (Å²) in [5.74, 6) is 1.63. The van der Waals surface area contributed by atoms with Gasteiger partial charge in [-0.15, -0.1) is 0 Å². The smallest absolute Gasteiger partial charge is 0.132 e. The summed E-state index contributed by atoms with van der Waals surface area (Å²) in [6.07, 6.45) is 11.0. The van der Waals surface area contributed by atoms with E-state index in [1.165, 1.54) is 37.8 Å². The molecule has 23 heavy (non-hydrogen) atoms. The first-order valence-corrected chi connectivity index (χ1v) is 8.60. The molecule has 1 fully saturated rings. The molecule has 0 atom stereocenters. The number of anilines is 2. The molecule has 2 aromatic heterocycles. The molecule has 5 nitrogen and oxygen atoms in total. The lowest BCUT2D eigenvalue weighted by atomic mass is 9.87. The zero-order valence-electron chi connectivity index (χ0n) is 13.4. The highest BCUT2D eigenvalue weighted by Crippen LogP contribution is 2.33. The number of hydrogen-bond acceptors (Lipinski definition) is 5.